The summed E-state index contributed by atoms with van der Waals surface area (Å²) in [7, 11) is 0. The lowest BCUT2D eigenvalue weighted by Gasteiger charge is -2.42. The third kappa shape index (κ3) is 5.16. The molecule has 0 heterocycles. The predicted octanol–water partition coefficient (Wildman–Crippen LogP) is 8.06. The van der Waals surface area contributed by atoms with Crippen molar-refractivity contribution in [2.75, 3.05) is 0 Å². The molecule has 0 aromatic rings. The van der Waals surface area contributed by atoms with Gasteiger partial charge in [0.05, 0.1) is 5.60 Å². The summed E-state index contributed by atoms with van der Waals surface area (Å²) in [4.78, 5) is 0. The Morgan fingerprint density at radius 3 is 0.972 bits per heavy atom. The number of ether oxygens (including phenoxy) is 2. The Labute approximate surface area is 189 Å². The summed E-state index contributed by atoms with van der Waals surface area (Å²) in [5, 5.41) is 0. The van der Waals surface area contributed by atoms with Crippen molar-refractivity contribution in [3.8, 4) is 0 Å². The standard InChI is InChI=1S/C16H16F18O2/c1-6(2)8(17,18)9(19,20)10(21,22)11(23,24)12(25,26)14(29,30)36-16(33,34)13(27,28)15(31,32)35-7(3,4)5/h6H,1-5H3. The van der Waals surface area contributed by atoms with Gasteiger partial charge in [-0.3, -0.25) is 0 Å². The van der Waals surface area contributed by atoms with Crippen molar-refractivity contribution in [1.29, 1.82) is 0 Å². The van der Waals surface area contributed by atoms with Crippen LogP contribution in [-0.2, 0) is 9.47 Å². The molecule has 0 unspecified atom stereocenters. The number of alkyl halides is 18. The first-order chi connectivity index (χ1) is 15.1. The molecule has 0 spiro atoms. The van der Waals surface area contributed by atoms with E-state index in [1.54, 1.807) is 0 Å². The van der Waals surface area contributed by atoms with Gasteiger partial charge in [0.1, 0.15) is 0 Å². The van der Waals surface area contributed by atoms with Gasteiger partial charge in [-0.25, -0.2) is 4.74 Å². The average Bonchev–Trinajstić information content (AvgIpc) is 2.57. The van der Waals surface area contributed by atoms with Crippen LogP contribution < -0.4 is 0 Å². The summed E-state index contributed by atoms with van der Waals surface area (Å²) in [5.74, 6) is -49.5. The molecule has 0 saturated heterocycles. The Kier molecular flexibility index (Phi) is 8.53. The normalized spacial score (nSPS) is 16.7. The van der Waals surface area contributed by atoms with Gasteiger partial charge in [-0.05, 0) is 20.8 Å². The van der Waals surface area contributed by atoms with Gasteiger partial charge in [-0.15, -0.1) is 0 Å². The van der Waals surface area contributed by atoms with Crippen LogP contribution in [0, 0.1) is 5.92 Å². The maximum absolute atomic E-state index is 13.6. The Bertz CT molecular complexity index is 780. The fourth-order valence-electron chi connectivity index (χ4n) is 2.06. The van der Waals surface area contributed by atoms with E-state index in [4.69, 9.17) is 0 Å². The molecule has 0 aliphatic rings. The van der Waals surface area contributed by atoms with Crippen LogP contribution in [0.3, 0.4) is 0 Å². The fourth-order valence-corrected chi connectivity index (χ4v) is 2.06. The van der Waals surface area contributed by atoms with Crippen molar-refractivity contribution in [3.05, 3.63) is 0 Å². The Morgan fingerprint density at radius 2 is 0.667 bits per heavy atom. The number of hydrogen-bond donors (Lipinski definition) is 0. The molecule has 0 aromatic carbocycles. The zero-order valence-corrected chi connectivity index (χ0v) is 18.2. The quantitative estimate of drug-likeness (QED) is 0.230. The Balaban J connectivity index is 6.64. The van der Waals surface area contributed by atoms with Crippen molar-refractivity contribution >= 4 is 0 Å². The molecule has 0 fully saturated rings. The highest BCUT2D eigenvalue weighted by Gasteiger charge is 2.92. The van der Waals surface area contributed by atoms with E-state index in [0.29, 0.717) is 20.8 Å². The Morgan fingerprint density at radius 1 is 0.389 bits per heavy atom. The van der Waals surface area contributed by atoms with Crippen molar-refractivity contribution < 1.29 is 88.5 Å². The zero-order chi connectivity index (χ0) is 30.0. The first-order valence-electron chi connectivity index (χ1n) is 8.91. The van der Waals surface area contributed by atoms with Crippen molar-refractivity contribution in [2.24, 2.45) is 5.92 Å². The predicted molar refractivity (Wildman–Crippen MR) is 81.3 cm³/mol. The molecule has 0 N–H and O–H groups in total. The molecule has 0 amide bonds. The highest BCUT2D eigenvalue weighted by molar-refractivity contribution is 5.11. The summed E-state index contributed by atoms with van der Waals surface area (Å²) in [6.07, 6.45) is -22.4. The SMILES string of the molecule is CC(C)C(F)(F)C(F)(F)C(F)(F)C(F)(F)C(F)(F)C(F)(F)OC(F)(F)C(F)(F)C(F)(F)OC(C)(C)C. The highest BCUT2D eigenvalue weighted by atomic mass is 19.4. The molecule has 0 radical (unpaired) electrons. The van der Waals surface area contributed by atoms with Gasteiger partial charge in [-0.1, -0.05) is 13.8 Å². The lowest BCUT2D eigenvalue weighted by molar-refractivity contribution is -0.530. The Hall–Kier alpha value is -1.34. The second kappa shape index (κ2) is 8.86. The van der Waals surface area contributed by atoms with Crippen LogP contribution in [0.4, 0.5) is 79.0 Å². The van der Waals surface area contributed by atoms with Crippen LogP contribution in [0.15, 0.2) is 0 Å². The fraction of sp³-hybridized carbons (Fsp3) is 1.00. The molecule has 218 valence electrons. The molecule has 0 rings (SSSR count). The van der Waals surface area contributed by atoms with Gasteiger partial charge in [0, 0.05) is 5.92 Å². The summed E-state index contributed by atoms with van der Waals surface area (Å²) in [5.41, 5.74) is -2.50. The van der Waals surface area contributed by atoms with Gasteiger partial charge < -0.3 is 4.74 Å². The van der Waals surface area contributed by atoms with Crippen LogP contribution in [0.25, 0.3) is 0 Å². The topological polar surface area (TPSA) is 18.5 Å². The van der Waals surface area contributed by atoms with E-state index in [-0.39, 0.29) is 13.8 Å². The third-order valence-electron chi connectivity index (χ3n) is 4.11. The third-order valence-corrected chi connectivity index (χ3v) is 4.11. The van der Waals surface area contributed by atoms with E-state index in [9.17, 15) is 79.0 Å². The highest BCUT2D eigenvalue weighted by Crippen LogP contribution is 2.62. The molecule has 0 aliphatic carbocycles. The van der Waals surface area contributed by atoms with Crippen LogP contribution >= 0.6 is 0 Å². The van der Waals surface area contributed by atoms with Crippen molar-refractivity contribution in [2.45, 2.75) is 94.1 Å². The van der Waals surface area contributed by atoms with E-state index < -0.39 is 65.4 Å². The lowest BCUT2D eigenvalue weighted by Crippen LogP contribution is -2.72. The zero-order valence-electron chi connectivity index (χ0n) is 18.2. The molecule has 2 nitrogen and oxygen atoms in total. The molecule has 20 heteroatoms. The smallest absolute Gasteiger partial charge is 0.310 e. The molecule has 0 bridgehead atoms. The van der Waals surface area contributed by atoms with Crippen LogP contribution in [0.5, 0.6) is 0 Å². The van der Waals surface area contributed by atoms with Crippen LogP contribution in [0.1, 0.15) is 34.6 Å². The first-order valence-corrected chi connectivity index (χ1v) is 8.91. The molecular formula is C16H16F18O2. The maximum Gasteiger partial charge on any atom is 0.433 e. The molecule has 0 saturated carbocycles. The van der Waals surface area contributed by atoms with Gasteiger partial charge in [-0.2, -0.15) is 79.0 Å². The van der Waals surface area contributed by atoms with E-state index in [2.05, 4.69) is 4.74 Å². The summed E-state index contributed by atoms with van der Waals surface area (Å²) in [6.45, 7) is 1.43. The van der Waals surface area contributed by atoms with Gasteiger partial charge in [0.15, 0.2) is 0 Å². The minimum absolute atomic E-state index is 0.0273. The van der Waals surface area contributed by atoms with Crippen LogP contribution in [-0.4, -0.2) is 59.5 Å². The van der Waals surface area contributed by atoms with Gasteiger partial charge in [0.2, 0.25) is 0 Å². The van der Waals surface area contributed by atoms with Crippen molar-refractivity contribution in [1.82, 2.24) is 0 Å². The molecule has 0 atom stereocenters. The van der Waals surface area contributed by atoms with E-state index in [1.807, 2.05) is 0 Å². The van der Waals surface area contributed by atoms with Crippen LogP contribution in [0.2, 0.25) is 0 Å². The molecule has 0 aromatic heterocycles. The molecule has 0 aliphatic heterocycles. The summed E-state index contributed by atoms with van der Waals surface area (Å²) < 4.78 is 248. The average molecular weight is 582 g/mol. The monoisotopic (exact) mass is 582 g/mol. The number of hydrogen-bond acceptors (Lipinski definition) is 2. The van der Waals surface area contributed by atoms with E-state index in [0.717, 1.165) is 0 Å². The summed E-state index contributed by atoms with van der Waals surface area (Å²) >= 11 is 0. The summed E-state index contributed by atoms with van der Waals surface area (Å²) in [6, 6.07) is 0. The lowest BCUT2D eigenvalue weighted by atomic mass is 9.89. The van der Waals surface area contributed by atoms with E-state index >= 15 is 0 Å². The van der Waals surface area contributed by atoms with Crippen molar-refractivity contribution in [3.63, 3.8) is 0 Å². The maximum atomic E-state index is 13.6. The second-order valence-electron chi connectivity index (χ2n) is 8.52. The minimum Gasteiger partial charge on any atom is -0.310 e. The van der Waals surface area contributed by atoms with Gasteiger partial charge >= 0.3 is 53.9 Å². The van der Waals surface area contributed by atoms with Gasteiger partial charge in [0.25, 0.3) is 0 Å². The first kappa shape index (κ1) is 34.7. The van der Waals surface area contributed by atoms with E-state index in [1.165, 1.54) is 4.74 Å². The minimum atomic E-state index is -8.46. The number of halogens is 18. The second-order valence-corrected chi connectivity index (χ2v) is 8.52. The number of rotatable bonds is 11. The largest absolute Gasteiger partial charge is 0.433 e. The molecule has 36 heavy (non-hydrogen) atoms. The molecular weight excluding hydrogens is 566 g/mol.